The Morgan fingerprint density at radius 2 is 1.83 bits per heavy atom. The standard InChI is InChI=1S/C11H17N/c1-4-9-7-5-6-8-10(9)11(2,3)12/h5-8H,4,12H2,1-3H3. The largest absolute Gasteiger partial charge is 0.322 e. The van der Waals surface area contributed by atoms with Crippen LogP contribution in [-0.4, -0.2) is 0 Å². The van der Waals surface area contributed by atoms with Crippen molar-refractivity contribution in [2.75, 3.05) is 0 Å². The van der Waals surface area contributed by atoms with Gasteiger partial charge >= 0.3 is 0 Å². The summed E-state index contributed by atoms with van der Waals surface area (Å²) in [4.78, 5) is 0. The van der Waals surface area contributed by atoms with Crippen LogP contribution in [0.25, 0.3) is 0 Å². The molecule has 0 aliphatic heterocycles. The van der Waals surface area contributed by atoms with Gasteiger partial charge in [-0.25, -0.2) is 0 Å². The molecule has 12 heavy (non-hydrogen) atoms. The van der Waals surface area contributed by atoms with Crippen molar-refractivity contribution in [1.29, 1.82) is 0 Å². The number of hydrogen-bond donors (Lipinski definition) is 1. The summed E-state index contributed by atoms with van der Waals surface area (Å²) in [6.07, 6.45) is 1.05. The lowest BCUT2D eigenvalue weighted by Crippen LogP contribution is -2.29. The van der Waals surface area contributed by atoms with Crippen LogP contribution in [0, 0.1) is 0 Å². The zero-order valence-electron chi connectivity index (χ0n) is 8.09. The van der Waals surface area contributed by atoms with E-state index < -0.39 is 0 Å². The number of nitrogens with two attached hydrogens (primary N) is 1. The second kappa shape index (κ2) is 3.28. The SMILES string of the molecule is CCc1ccccc1C(C)(C)N. The monoisotopic (exact) mass is 163 g/mol. The maximum atomic E-state index is 6.03. The highest BCUT2D eigenvalue weighted by Crippen LogP contribution is 2.21. The van der Waals surface area contributed by atoms with Crippen LogP contribution >= 0.6 is 0 Å². The minimum Gasteiger partial charge on any atom is -0.322 e. The minimum atomic E-state index is -0.216. The number of benzene rings is 1. The maximum absolute atomic E-state index is 6.03. The first-order valence-corrected chi connectivity index (χ1v) is 4.43. The van der Waals surface area contributed by atoms with Crippen molar-refractivity contribution in [3.8, 4) is 0 Å². The van der Waals surface area contributed by atoms with Gasteiger partial charge in [0, 0.05) is 5.54 Å². The van der Waals surface area contributed by atoms with Crippen molar-refractivity contribution >= 4 is 0 Å². The van der Waals surface area contributed by atoms with Gasteiger partial charge < -0.3 is 5.73 Å². The quantitative estimate of drug-likeness (QED) is 0.712. The summed E-state index contributed by atoms with van der Waals surface area (Å²) < 4.78 is 0. The highest BCUT2D eigenvalue weighted by atomic mass is 14.7. The van der Waals surface area contributed by atoms with Gasteiger partial charge in [-0.3, -0.25) is 0 Å². The van der Waals surface area contributed by atoms with Gasteiger partial charge in [-0.2, -0.15) is 0 Å². The zero-order valence-corrected chi connectivity index (χ0v) is 8.09. The molecule has 0 saturated carbocycles. The third-order valence-corrected chi connectivity index (χ3v) is 2.09. The van der Waals surface area contributed by atoms with Crippen molar-refractivity contribution in [2.45, 2.75) is 32.7 Å². The van der Waals surface area contributed by atoms with Gasteiger partial charge in [0.2, 0.25) is 0 Å². The van der Waals surface area contributed by atoms with Gasteiger partial charge in [-0.15, -0.1) is 0 Å². The summed E-state index contributed by atoms with van der Waals surface area (Å²) in [5.41, 5.74) is 8.43. The van der Waals surface area contributed by atoms with E-state index in [-0.39, 0.29) is 5.54 Å². The predicted octanol–water partition coefficient (Wildman–Crippen LogP) is 2.44. The Hall–Kier alpha value is -0.820. The van der Waals surface area contributed by atoms with Crippen LogP contribution in [0.15, 0.2) is 24.3 Å². The lowest BCUT2D eigenvalue weighted by molar-refractivity contribution is 0.548. The van der Waals surface area contributed by atoms with Gasteiger partial charge in [0.1, 0.15) is 0 Å². The average Bonchev–Trinajstić information content (AvgIpc) is 2.03. The van der Waals surface area contributed by atoms with Gasteiger partial charge in [0.25, 0.3) is 0 Å². The normalized spacial score (nSPS) is 11.7. The number of aryl methyl sites for hydroxylation is 1. The second-order valence-electron chi connectivity index (χ2n) is 3.73. The first-order valence-electron chi connectivity index (χ1n) is 4.43. The third kappa shape index (κ3) is 1.86. The molecule has 0 amide bonds. The van der Waals surface area contributed by atoms with Crippen molar-refractivity contribution in [2.24, 2.45) is 5.73 Å². The lowest BCUT2D eigenvalue weighted by atomic mass is 9.90. The highest BCUT2D eigenvalue weighted by Gasteiger charge is 2.16. The molecule has 0 radical (unpaired) electrons. The second-order valence-corrected chi connectivity index (χ2v) is 3.73. The summed E-state index contributed by atoms with van der Waals surface area (Å²) in [5, 5.41) is 0. The molecule has 0 aliphatic rings. The van der Waals surface area contributed by atoms with E-state index in [0.29, 0.717) is 0 Å². The lowest BCUT2D eigenvalue weighted by Gasteiger charge is -2.22. The Morgan fingerprint density at radius 3 is 2.25 bits per heavy atom. The van der Waals surface area contributed by atoms with Crippen LogP contribution < -0.4 is 5.73 Å². The molecule has 0 saturated heterocycles. The van der Waals surface area contributed by atoms with Crippen LogP contribution in [0.2, 0.25) is 0 Å². The Morgan fingerprint density at radius 1 is 1.25 bits per heavy atom. The molecule has 1 heteroatoms. The maximum Gasteiger partial charge on any atom is 0.0355 e. The molecule has 1 aromatic rings. The van der Waals surface area contributed by atoms with Crippen molar-refractivity contribution < 1.29 is 0 Å². The Bertz CT molecular complexity index is 258. The summed E-state index contributed by atoms with van der Waals surface area (Å²) in [6, 6.07) is 8.36. The Balaban J connectivity index is 3.14. The summed E-state index contributed by atoms with van der Waals surface area (Å²) in [6.45, 7) is 6.24. The molecule has 0 aromatic heterocycles. The molecule has 0 spiro atoms. The van der Waals surface area contributed by atoms with Gasteiger partial charge in [0.05, 0.1) is 0 Å². The molecule has 0 bridgehead atoms. The van der Waals surface area contributed by atoms with Crippen LogP contribution in [0.3, 0.4) is 0 Å². The molecular weight excluding hydrogens is 146 g/mol. The molecule has 2 N–H and O–H groups in total. The summed E-state index contributed by atoms with van der Waals surface area (Å²) in [5.74, 6) is 0. The van der Waals surface area contributed by atoms with Crippen LogP contribution in [0.4, 0.5) is 0 Å². The van der Waals surface area contributed by atoms with Crippen molar-refractivity contribution in [1.82, 2.24) is 0 Å². The van der Waals surface area contributed by atoms with E-state index in [1.165, 1.54) is 11.1 Å². The molecule has 0 aliphatic carbocycles. The van der Waals surface area contributed by atoms with Gasteiger partial charge in [0.15, 0.2) is 0 Å². The molecule has 1 rings (SSSR count). The zero-order chi connectivity index (χ0) is 9.19. The van der Waals surface area contributed by atoms with Crippen molar-refractivity contribution in [3.05, 3.63) is 35.4 Å². The van der Waals surface area contributed by atoms with E-state index in [0.717, 1.165) is 6.42 Å². The summed E-state index contributed by atoms with van der Waals surface area (Å²) >= 11 is 0. The van der Waals surface area contributed by atoms with Crippen LogP contribution in [0.1, 0.15) is 31.9 Å². The molecule has 0 unspecified atom stereocenters. The van der Waals surface area contributed by atoms with Crippen LogP contribution in [0.5, 0.6) is 0 Å². The molecule has 1 nitrogen and oxygen atoms in total. The fourth-order valence-corrected chi connectivity index (χ4v) is 1.46. The highest BCUT2D eigenvalue weighted by molar-refractivity contribution is 5.32. The first-order chi connectivity index (χ1) is 5.55. The fraction of sp³-hybridized carbons (Fsp3) is 0.455. The summed E-state index contributed by atoms with van der Waals surface area (Å²) in [7, 11) is 0. The third-order valence-electron chi connectivity index (χ3n) is 2.09. The molecule has 66 valence electrons. The molecule has 0 atom stereocenters. The Labute approximate surface area is 74.6 Å². The van der Waals surface area contributed by atoms with Gasteiger partial charge in [-0.1, -0.05) is 31.2 Å². The average molecular weight is 163 g/mol. The fourth-order valence-electron chi connectivity index (χ4n) is 1.46. The minimum absolute atomic E-state index is 0.216. The predicted molar refractivity (Wildman–Crippen MR) is 53.0 cm³/mol. The number of rotatable bonds is 2. The van der Waals surface area contributed by atoms with E-state index >= 15 is 0 Å². The van der Waals surface area contributed by atoms with E-state index in [9.17, 15) is 0 Å². The van der Waals surface area contributed by atoms with E-state index in [4.69, 9.17) is 5.73 Å². The number of hydrogen-bond acceptors (Lipinski definition) is 1. The van der Waals surface area contributed by atoms with E-state index in [1.54, 1.807) is 0 Å². The van der Waals surface area contributed by atoms with Crippen molar-refractivity contribution in [3.63, 3.8) is 0 Å². The first kappa shape index (κ1) is 9.27. The molecular formula is C11H17N. The molecule has 0 fully saturated rings. The van der Waals surface area contributed by atoms with E-state index in [2.05, 4.69) is 25.1 Å². The smallest absolute Gasteiger partial charge is 0.0355 e. The van der Waals surface area contributed by atoms with Crippen LogP contribution in [-0.2, 0) is 12.0 Å². The molecule has 0 heterocycles. The topological polar surface area (TPSA) is 26.0 Å². The molecule has 1 aromatic carbocycles. The Kier molecular flexibility index (Phi) is 2.53. The van der Waals surface area contributed by atoms with Gasteiger partial charge in [-0.05, 0) is 31.4 Å². The van der Waals surface area contributed by atoms with E-state index in [1.807, 2.05) is 19.9 Å².